The molecular weight excluding hydrogens is 300 g/mol. The summed E-state index contributed by atoms with van der Waals surface area (Å²) in [5.74, 6) is 2.36. The highest BCUT2D eigenvalue weighted by Gasteiger charge is 2.53. The third-order valence-corrected chi connectivity index (χ3v) is 6.68. The maximum Gasteiger partial charge on any atom is 0.251 e. The number of rotatable bonds is 3. The first kappa shape index (κ1) is 14.6. The van der Waals surface area contributed by atoms with Crippen molar-refractivity contribution in [3.8, 4) is 0 Å². The van der Waals surface area contributed by atoms with Gasteiger partial charge in [-0.25, -0.2) is 4.90 Å². The average Bonchev–Trinajstić information content (AvgIpc) is 2.80. The van der Waals surface area contributed by atoms with Crippen molar-refractivity contribution < 1.29 is 9.59 Å². The van der Waals surface area contributed by atoms with Gasteiger partial charge in [0.2, 0.25) is 5.91 Å². The fourth-order valence-corrected chi connectivity index (χ4v) is 6.25. The molecule has 4 aliphatic carbocycles. The number of hydrogen-bond acceptors (Lipinski definition) is 3. The van der Waals surface area contributed by atoms with E-state index in [-0.39, 0.29) is 23.4 Å². The smallest absolute Gasteiger partial charge is 0.251 e. The SMILES string of the molecule is O=C1C[C@@H](NC23CC4CC(CC(C4)C2)C3)C(=O)N1c1ccccc1. The molecule has 1 aromatic carbocycles. The summed E-state index contributed by atoms with van der Waals surface area (Å²) in [6, 6.07) is 8.98. The van der Waals surface area contributed by atoms with E-state index in [1.165, 1.54) is 43.4 Å². The summed E-state index contributed by atoms with van der Waals surface area (Å²) in [7, 11) is 0. The Balaban J connectivity index is 1.37. The fraction of sp³-hybridized carbons (Fsp3) is 0.600. The van der Waals surface area contributed by atoms with Gasteiger partial charge in [0, 0.05) is 5.54 Å². The molecule has 4 heteroatoms. The first-order valence-electron chi connectivity index (χ1n) is 9.31. The number of hydrogen-bond donors (Lipinski definition) is 1. The number of amides is 2. The highest BCUT2D eigenvalue weighted by molar-refractivity contribution is 6.22. The second kappa shape index (κ2) is 5.16. The van der Waals surface area contributed by atoms with Gasteiger partial charge in [-0.2, -0.15) is 0 Å². The molecule has 4 nitrogen and oxygen atoms in total. The minimum atomic E-state index is -0.339. The highest BCUT2D eigenvalue weighted by Crippen LogP contribution is 2.55. The Morgan fingerprint density at radius 1 is 0.917 bits per heavy atom. The number of carbonyl (C=O) groups is 2. The van der Waals surface area contributed by atoms with Crippen molar-refractivity contribution in [2.75, 3.05) is 4.90 Å². The summed E-state index contributed by atoms with van der Waals surface area (Å²) >= 11 is 0. The Hall–Kier alpha value is -1.68. The van der Waals surface area contributed by atoms with Crippen LogP contribution in [0.25, 0.3) is 0 Å². The molecule has 2 amide bonds. The van der Waals surface area contributed by atoms with Crippen LogP contribution in [0.3, 0.4) is 0 Å². The Kier molecular flexibility index (Phi) is 3.15. The van der Waals surface area contributed by atoms with Gasteiger partial charge in [0.05, 0.1) is 18.2 Å². The largest absolute Gasteiger partial charge is 0.300 e. The van der Waals surface area contributed by atoms with E-state index in [1.807, 2.05) is 30.3 Å². The van der Waals surface area contributed by atoms with Gasteiger partial charge in [0.15, 0.2) is 0 Å². The van der Waals surface area contributed by atoms with Crippen LogP contribution in [0.5, 0.6) is 0 Å². The van der Waals surface area contributed by atoms with Crippen LogP contribution >= 0.6 is 0 Å². The van der Waals surface area contributed by atoms with E-state index in [0.29, 0.717) is 12.1 Å². The minimum Gasteiger partial charge on any atom is -0.300 e. The van der Waals surface area contributed by atoms with E-state index in [9.17, 15) is 9.59 Å². The average molecular weight is 324 g/mol. The van der Waals surface area contributed by atoms with Crippen LogP contribution in [0.1, 0.15) is 44.9 Å². The maximum absolute atomic E-state index is 12.9. The van der Waals surface area contributed by atoms with Gasteiger partial charge in [0.1, 0.15) is 0 Å². The van der Waals surface area contributed by atoms with E-state index >= 15 is 0 Å². The van der Waals surface area contributed by atoms with Gasteiger partial charge < -0.3 is 0 Å². The van der Waals surface area contributed by atoms with Crippen LogP contribution in [0, 0.1) is 17.8 Å². The van der Waals surface area contributed by atoms with Crippen LogP contribution in [0.15, 0.2) is 30.3 Å². The van der Waals surface area contributed by atoms with Crippen LogP contribution in [-0.2, 0) is 9.59 Å². The van der Waals surface area contributed by atoms with Gasteiger partial charge in [-0.3, -0.25) is 14.9 Å². The zero-order valence-corrected chi connectivity index (χ0v) is 13.9. The lowest BCUT2D eigenvalue weighted by atomic mass is 9.53. The Morgan fingerprint density at radius 3 is 2.08 bits per heavy atom. The van der Waals surface area contributed by atoms with Crippen molar-refractivity contribution >= 4 is 17.5 Å². The molecule has 5 aliphatic rings. The molecule has 0 aromatic heterocycles. The van der Waals surface area contributed by atoms with Crippen LogP contribution in [0.4, 0.5) is 5.69 Å². The second-order valence-electron chi connectivity index (χ2n) is 8.50. The topological polar surface area (TPSA) is 49.4 Å². The molecule has 1 aromatic rings. The van der Waals surface area contributed by atoms with Crippen molar-refractivity contribution in [2.24, 2.45) is 17.8 Å². The summed E-state index contributed by atoms with van der Waals surface area (Å²) in [6.45, 7) is 0. The predicted octanol–water partition coefficient (Wildman–Crippen LogP) is 2.88. The molecule has 4 bridgehead atoms. The second-order valence-corrected chi connectivity index (χ2v) is 8.50. The lowest BCUT2D eigenvalue weighted by Gasteiger charge is -2.57. The van der Waals surface area contributed by atoms with E-state index < -0.39 is 0 Å². The summed E-state index contributed by atoms with van der Waals surface area (Å²) < 4.78 is 0. The molecule has 0 radical (unpaired) electrons. The first-order chi connectivity index (χ1) is 11.6. The van der Waals surface area contributed by atoms with Crippen molar-refractivity contribution in [1.29, 1.82) is 0 Å². The third kappa shape index (κ3) is 2.23. The number of nitrogens with zero attached hydrogens (tertiary/aromatic N) is 1. The number of para-hydroxylation sites is 1. The van der Waals surface area contributed by atoms with Crippen LogP contribution in [0.2, 0.25) is 0 Å². The number of nitrogens with one attached hydrogen (secondary N) is 1. The molecule has 24 heavy (non-hydrogen) atoms. The van der Waals surface area contributed by atoms with E-state index in [0.717, 1.165) is 17.8 Å². The number of carbonyl (C=O) groups excluding carboxylic acids is 2. The highest BCUT2D eigenvalue weighted by atomic mass is 16.2. The van der Waals surface area contributed by atoms with E-state index in [1.54, 1.807) is 0 Å². The summed E-state index contributed by atoms with van der Waals surface area (Å²) in [6.07, 6.45) is 8.04. The summed E-state index contributed by atoms with van der Waals surface area (Å²) in [5, 5.41) is 3.69. The molecular formula is C20H24N2O2. The Bertz CT molecular complexity index is 649. The maximum atomic E-state index is 12.9. The van der Waals surface area contributed by atoms with Gasteiger partial charge in [-0.15, -0.1) is 0 Å². The lowest BCUT2D eigenvalue weighted by molar-refractivity contribution is -0.122. The molecule has 1 heterocycles. The van der Waals surface area contributed by atoms with Crippen molar-refractivity contribution in [3.05, 3.63) is 30.3 Å². The standard InChI is InChI=1S/C20H24N2O2/c23-18-9-17(19(24)22(18)16-4-2-1-3-5-16)21-20-10-13-6-14(11-20)8-15(7-13)12-20/h1-5,13-15,17,21H,6-12H2/t13?,14?,15?,17-,20?/m1/s1. The van der Waals surface area contributed by atoms with Crippen LogP contribution in [-0.4, -0.2) is 23.4 Å². The molecule has 126 valence electrons. The quantitative estimate of drug-likeness (QED) is 0.870. The minimum absolute atomic E-state index is 0.0676. The lowest BCUT2D eigenvalue weighted by Crippen LogP contribution is -2.61. The van der Waals surface area contributed by atoms with Gasteiger partial charge in [-0.05, 0) is 68.4 Å². The number of benzene rings is 1. The fourth-order valence-electron chi connectivity index (χ4n) is 6.25. The van der Waals surface area contributed by atoms with Gasteiger partial charge in [-0.1, -0.05) is 18.2 Å². The summed E-state index contributed by atoms with van der Waals surface area (Å²) in [4.78, 5) is 26.7. The Morgan fingerprint density at radius 2 is 1.50 bits per heavy atom. The molecule has 4 saturated carbocycles. The monoisotopic (exact) mass is 324 g/mol. The molecule has 1 saturated heterocycles. The van der Waals surface area contributed by atoms with Crippen LogP contribution < -0.4 is 10.2 Å². The molecule has 5 fully saturated rings. The molecule has 1 aliphatic heterocycles. The van der Waals surface area contributed by atoms with Crippen molar-refractivity contribution in [2.45, 2.75) is 56.5 Å². The zero-order valence-electron chi connectivity index (χ0n) is 13.9. The molecule has 0 spiro atoms. The third-order valence-electron chi connectivity index (χ3n) is 6.68. The summed E-state index contributed by atoms with van der Waals surface area (Å²) in [5.41, 5.74) is 0.810. The normalized spacial score (nSPS) is 40.6. The van der Waals surface area contributed by atoms with Crippen molar-refractivity contribution in [1.82, 2.24) is 5.32 Å². The molecule has 6 rings (SSSR count). The first-order valence-corrected chi connectivity index (χ1v) is 9.31. The molecule has 1 N–H and O–H groups in total. The predicted molar refractivity (Wildman–Crippen MR) is 91.4 cm³/mol. The number of imide groups is 1. The molecule has 1 atom stereocenters. The van der Waals surface area contributed by atoms with Gasteiger partial charge in [0.25, 0.3) is 5.91 Å². The Labute approximate surface area is 142 Å². The van der Waals surface area contributed by atoms with Gasteiger partial charge >= 0.3 is 0 Å². The zero-order chi connectivity index (χ0) is 16.3. The van der Waals surface area contributed by atoms with E-state index in [2.05, 4.69) is 5.32 Å². The van der Waals surface area contributed by atoms with Crippen molar-refractivity contribution in [3.63, 3.8) is 0 Å². The molecule has 0 unspecified atom stereocenters. The van der Waals surface area contributed by atoms with E-state index in [4.69, 9.17) is 0 Å². The number of anilines is 1.